The van der Waals surface area contributed by atoms with E-state index in [2.05, 4.69) is 17.9 Å². The number of benzene rings is 1. The number of aryl methyl sites for hydroxylation is 1. The molecule has 1 aromatic carbocycles. The van der Waals surface area contributed by atoms with Gasteiger partial charge in [0.15, 0.2) is 5.12 Å². The molecule has 80 valence electrons. The highest BCUT2D eigenvalue weighted by Gasteiger charge is 2.00. The molecule has 0 saturated heterocycles. The topological polar surface area (TPSA) is 40.9 Å². The molecule has 0 fully saturated rings. The number of carbonyl (C=O) groups excluding carboxylic acids is 1. The Morgan fingerprint density at radius 2 is 2.25 bits per heavy atom. The van der Waals surface area contributed by atoms with Crippen molar-refractivity contribution in [1.29, 1.82) is 5.26 Å². The van der Waals surface area contributed by atoms with Crippen molar-refractivity contribution < 1.29 is 4.79 Å². The fourth-order valence-corrected chi connectivity index (χ4v) is 1.54. The molecule has 0 aliphatic heterocycles. The molecular formula is C13H11NOS. The zero-order valence-corrected chi connectivity index (χ0v) is 10.0. The quantitative estimate of drug-likeness (QED) is 0.695. The fraction of sp³-hybridized carbons (Fsp3) is 0.231. The van der Waals surface area contributed by atoms with Crippen LogP contribution in [0.2, 0.25) is 0 Å². The molecule has 0 bridgehead atoms. The van der Waals surface area contributed by atoms with Crippen molar-refractivity contribution >= 4 is 16.9 Å². The Hall–Kier alpha value is -1.71. The molecule has 0 spiro atoms. The number of hydrogen-bond acceptors (Lipinski definition) is 3. The average Bonchev–Trinajstić information content (AvgIpc) is 2.25. The Balaban J connectivity index is 2.88. The molecule has 0 atom stereocenters. The first kappa shape index (κ1) is 12.4. The minimum atomic E-state index is 0.0552. The molecule has 1 rings (SSSR count). The van der Waals surface area contributed by atoms with Crippen LogP contribution in [0.25, 0.3) is 0 Å². The Bertz CT molecular complexity index is 503. The van der Waals surface area contributed by atoms with E-state index in [-0.39, 0.29) is 5.12 Å². The number of carbonyl (C=O) groups is 1. The van der Waals surface area contributed by atoms with E-state index in [9.17, 15) is 4.79 Å². The third-order valence-corrected chi connectivity index (χ3v) is 2.65. The zero-order chi connectivity index (χ0) is 12.0. The predicted octanol–water partition coefficient (Wildman–Crippen LogP) is 2.50. The van der Waals surface area contributed by atoms with Crippen molar-refractivity contribution in [3.63, 3.8) is 0 Å². The third-order valence-electron chi connectivity index (χ3n) is 1.95. The van der Waals surface area contributed by atoms with Gasteiger partial charge < -0.3 is 0 Å². The molecule has 0 aliphatic rings. The second-order valence-electron chi connectivity index (χ2n) is 3.19. The molecule has 0 heterocycles. The molecule has 0 N–H and O–H groups in total. The first-order valence-corrected chi connectivity index (χ1v) is 5.75. The molecule has 0 radical (unpaired) electrons. The smallest absolute Gasteiger partial charge is 0.186 e. The van der Waals surface area contributed by atoms with E-state index >= 15 is 0 Å². The highest BCUT2D eigenvalue weighted by atomic mass is 32.2. The molecule has 0 aromatic heterocycles. The van der Waals surface area contributed by atoms with Crippen molar-refractivity contribution in [2.24, 2.45) is 0 Å². The van der Waals surface area contributed by atoms with E-state index in [1.54, 1.807) is 6.07 Å². The van der Waals surface area contributed by atoms with Gasteiger partial charge in [0.1, 0.15) is 6.07 Å². The van der Waals surface area contributed by atoms with E-state index in [1.807, 2.05) is 19.1 Å². The average molecular weight is 229 g/mol. The SMILES string of the molecule is CC(=O)SCC#Cc1c(C)cccc1C#N. The molecule has 16 heavy (non-hydrogen) atoms. The minimum absolute atomic E-state index is 0.0552. The number of nitriles is 1. The van der Waals surface area contributed by atoms with Gasteiger partial charge in [0.25, 0.3) is 0 Å². The second kappa shape index (κ2) is 6.00. The van der Waals surface area contributed by atoms with Crippen LogP contribution in [0.15, 0.2) is 18.2 Å². The summed E-state index contributed by atoms with van der Waals surface area (Å²) in [6.45, 7) is 3.43. The van der Waals surface area contributed by atoms with Gasteiger partial charge in [-0.2, -0.15) is 5.26 Å². The lowest BCUT2D eigenvalue weighted by Crippen LogP contribution is -1.88. The van der Waals surface area contributed by atoms with E-state index in [0.717, 1.165) is 11.1 Å². The van der Waals surface area contributed by atoms with Gasteiger partial charge in [-0.15, -0.1) is 0 Å². The van der Waals surface area contributed by atoms with Crippen LogP contribution < -0.4 is 0 Å². The highest BCUT2D eigenvalue weighted by Crippen LogP contribution is 2.11. The Labute approximate surface area is 99.7 Å². The van der Waals surface area contributed by atoms with Gasteiger partial charge in [0.2, 0.25) is 0 Å². The fourth-order valence-electron chi connectivity index (χ4n) is 1.19. The van der Waals surface area contributed by atoms with Crippen LogP contribution in [0.1, 0.15) is 23.6 Å². The summed E-state index contributed by atoms with van der Waals surface area (Å²) in [6, 6.07) is 7.61. The summed E-state index contributed by atoms with van der Waals surface area (Å²) in [5, 5.41) is 8.97. The van der Waals surface area contributed by atoms with Crippen LogP contribution in [0.5, 0.6) is 0 Å². The number of nitrogens with zero attached hydrogens (tertiary/aromatic N) is 1. The normalized spacial score (nSPS) is 8.81. The van der Waals surface area contributed by atoms with Gasteiger partial charge >= 0.3 is 0 Å². The van der Waals surface area contributed by atoms with Gasteiger partial charge in [-0.1, -0.05) is 35.7 Å². The molecule has 0 saturated carbocycles. The summed E-state index contributed by atoms with van der Waals surface area (Å²) >= 11 is 1.17. The molecule has 0 amide bonds. The summed E-state index contributed by atoms with van der Waals surface area (Å²) in [6.07, 6.45) is 0. The zero-order valence-electron chi connectivity index (χ0n) is 9.20. The first-order valence-electron chi connectivity index (χ1n) is 4.77. The van der Waals surface area contributed by atoms with Crippen molar-refractivity contribution in [3.05, 3.63) is 34.9 Å². The van der Waals surface area contributed by atoms with Crippen molar-refractivity contribution in [2.75, 3.05) is 5.75 Å². The van der Waals surface area contributed by atoms with E-state index in [0.29, 0.717) is 11.3 Å². The molecule has 2 nitrogen and oxygen atoms in total. The largest absolute Gasteiger partial charge is 0.288 e. The molecular weight excluding hydrogens is 218 g/mol. The summed E-state index contributed by atoms with van der Waals surface area (Å²) in [7, 11) is 0. The maximum atomic E-state index is 10.7. The number of hydrogen-bond donors (Lipinski definition) is 0. The van der Waals surface area contributed by atoms with Gasteiger partial charge in [-0.05, 0) is 18.6 Å². The third kappa shape index (κ3) is 3.46. The van der Waals surface area contributed by atoms with E-state index < -0.39 is 0 Å². The minimum Gasteiger partial charge on any atom is -0.288 e. The molecule has 3 heteroatoms. The molecule has 1 aromatic rings. The monoisotopic (exact) mass is 229 g/mol. The second-order valence-corrected chi connectivity index (χ2v) is 4.34. The molecule has 0 unspecified atom stereocenters. The number of thioether (sulfide) groups is 1. The lowest BCUT2D eigenvalue weighted by atomic mass is 10.0. The summed E-state index contributed by atoms with van der Waals surface area (Å²) in [5.74, 6) is 6.30. The van der Waals surface area contributed by atoms with E-state index in [1.165, 1.54) is 18.7 Å². The lowest BCUT2D eigenvalue weighted by Gasteiger charge is -1.98. The Morgan fingerprint density at radius 3 is 2.88 bits per heavy atom. The maximum absolute atomic E-state index is 10.7. The van der Waals surface area contributed by atoms with Crippen LogP contribution in [-0.2, 0) is 4.79 Å². The van der Waals surface area contributed by atoms with Gasteiger partial charge in [-0.25, -0.2) is 0 Å². The first-order chi connectivity index (χ1) is 7.65. The van der Waals surface area contributed by atoms with Crippen molar-refractivity contribution in [2.45, 2.75) is 13.8 Å². The van der Waals surface area contributed by atoms with Gasteiger partial charge in [-0.3, -0.25) is 4.79 Å². The van der Waals surface area contributed by atoms with Gasteiger partial charge in [0, 0.05) is 12.5 Å². The van der Waals surface area contributed by atoms with Gasteiger partial charge in [0.05, 0.1) is 11.3 Å². The standard InChI is InChI=1S/C13H11NOS/c1-10-5-3-6-12(9-14)13(10)7-4-8-16-11(2)15/h3,5-6H,8H2,1-2H3. The number of rotatable bonds is 1. The predicted molar refractivity (Wildman–Crippen MR) is 65.9 cm³/mol. The summed E-state index contributed by atoms with van der Waals surface area (Å²) in [5.41, 5.74) is 2.33. The molecule has 0 aliphatic carbocycles. The Kier molecular flexibility index (Phi) is 4.64. The maximum Gasteiger partial charge on any atom is 0.186 e. The van der Waals surface area contributed by atoms with Crippen LogP contribution in [0.3, 0.4) is 0 Å². The highest BCUT2D eigenvalue weighted by molar-refractivity contribution is 8.13. The van der Waals surface area contributed by atoms with Crippen LogP contribution >= 0.6 is 11.8 Å². The summed E-state index contributed by atoms with van der Waals surface area (Å²) in [4.78, 5) is 10.7. The summed E-state index contributed by atoms with van der Waals surface area (Å²) < 4.78 is 0. The van der Waals surface area contributed by atoms with Crippen LogP contribution in [0.4, 0.5) is 0 Å². The van der Waals surface area contributed by atoms with Crippen LogP contribution in [-0.4, -0.2) is 10.9 Å². The lowest BCUT2D eigenvalue weighted by molar-refractivity contribution is -0.109. The van der Waals surface area contributed by atoms with E-state index in [4.69, 9.17) is 5.26 Å². The van der Waals surface area contributed by atoms with Crippen molar-refractivity contribution in [1.82, 2.24) is 0 Å². The van der Waals surface area contributed by atoms with Crippen molar-refractivity contribution in [3.8, 4) is 17.9 Å². The van der Waals surface area contributed by atoms with Crippen LogP contribution in [0, 0.1) is 30.1 Å². The Morgan fingerprint density at radius 1 is 1.50 bits per heavy atom.